The third-order valence-electron chi connectivity index (χ3n) is 2.56. The lowest BCUT2D eigenvalue weighted by molar-refractivity contribution is 0.112. The molecular weight excluding hydrogens is 186 g/mol. The quantitative estimate of drug-likeness (QED) is 0.681. The Hall–Kier alpha value is -1.83. The summed E-state index contributed by atoms with van der Waals surface area (Å²) < 4.78 is 2.16. The van der Waals surface area contributed by atoms with Gasteiger partial charge in [-0.15, -0.1) is 0 Å². The number of hydrogen-bond donors (Lipinski definition) is 0. The van der Waals surface area contributed by atoms with Gasteiger partial charge in [0, 0.05) is 22.6 Å². The highest BCUT2D eigenvalue weighted by Gasteiger charge is 2.02. The van der Waals surface area contributed by atoms with Crippen molar-refractivity contribution < 1.29 is 4.79 Å². The molecule has 0 N–H and O–H groups in total. The molecule has 2 nitrogen and oxygen atoms in total. The summed E-state index contributed by atoms with van der Waals surface area (Å²) in [5.74, 6) is 0. The van der Waals surface area contributed by atoms with E-state index in [0.717, 1.165) is 12.0 Å². The van der Waals surface area contributed by atoms with E-state index in [9.17, 15) is 4.79 Å². The zero-order valence-corrected chi connectivity index (χ0v) is 8.90. The first-order valence-electron chi connectivity index (χ1n) is 4.93. The van der Waals surface area contributed by atoms with E-state index in [-0.39, 0.29) is 0 Å². The molecule has 2 aromatic rings. The fourth-order valence-electron chi connectivity index (χ4n) is 1.78. The molecule has 0 saturated heterocycles. The third-order valence-corrected chi connectivity index (χ3v) is 2.56. The van der Waals surface area contributed by atoms with Crippen molar-refractivity contribution >= 4 is 6.29 Å². The van der Waals surface area contributed by atoms with Gasteiger partial charge in [0.25, 0.3) is 0 Å². The monoisotopic (exact) mass is 199 g/mol. The molecule has 0 unspecified atom stereocenters. The fraction of sp³-hybridized carbons (Fsp3) is 0.154. The van der Waals surface area contributed by atoms with Gasteiger partial charge in [0.15, 0.2) is 0 Å². The molecule has 0 radical (unpaired) electrons. The standard InChI is InChI=1S/C13H13NO/c1-10-3-4-11(2)14(10)13-7-5-12(9-15)6-8-13/h3-9H,1-2H3. The average Bonchev–Trinajstić information content (AvgIpc) is 2.59. The van der Waals surface area contributed by atoms with E-state index in [1.54, 1.807) is 0 Å². The van der Waals surface area contributed by atoms with Crippen molar-refractivity contribution in [2.24, 2.45) is 0 Å². The fourth-order valence-corrected chi connectivity index (χ4v) is 1.78. The van der Waals surface area contributed by atoms with Crippen LogP contribution in [0.15, 0.2) is 36.4 Å². The molecule has 1 heterocycles. The maximum atomic E-state index is 10.5. The zero-order chi connectivity index (χ0) is 10.8. The Morgan fingerprint density at radius 3 is 1.93 bits per heavy atom. The summed E-state index contributed by atoms with van der Waals surface area (Å²) in [5, 5.41) is 0. The minimum Gasteiger partial charge on any atom is -0.319 e. The normalized spacial score (nSPS) is 10.3. The summed E-state index contributed by atoms with van der Waals surface area (Å²) in [6.07, 6.45) is 0.860. The average molecular weight is 199 g/mol. The highest BCUT2D eigenvalue weighted by atomic mass is 16.1. The van der Waals surface area contributed by atoms with E-state index in [1.165, 1.54) is 11.4 Å². The van der Waals surface area contributed by atoms with Gasteiger partial charge >= 0.3 is 0 Å². The van der Waals surface area contributed by atoms with Crippen molar-refractivity contribution in [1.29, 1.82) is 0 Å². The summed E-state index contributed by atoms with van der Waals surface area (Å²) in [6.45, 7) is 4.14. The molecule has 15 heavy (non-hydrogen) atoms. The number of hydrogen-bond acceptors (Lipinski definition) is 1. The number of nitrogens with zero attached hydrogens (tertiary/aromatic N) is 1. The first-order valence-corrected chi connectivity index (χ1v) is 4.93. The van der Waals surface area contributed by atoms with Crippen LogP contribution < -0.4 is 0 Å². The molecule has 0 saturated carbocycles. The molecule has 2 heteroatoms. The van der Waals surface area contributed by atoms with Gasteiger partial charge < -0.3 is 4.57 Å². The van der Waals surface area contributed by atoms with E-state index < -0.39 is 0 Å². The van der Waals surface area contributed by atoms with Crippen molar-refractivity contribution in [1.82, 2.24) is 4.57 Å². The van der Waals surface area contributed by atoms with E-state index in [4.69, 9.17) is 0 Å². The number of carbonyl (C=O) groups is 1. The molecule has 0 fully saturated rings. The molecule has 1 aromatic heterocycles. The molecule has 1 aromatic carbocycles. The van der Waals surface area contributed by atoms with Crippen LogP contribution in [-0.4, -0.2) is 10.9 Å². The highest BCUT2D eigenvalue weighted by Crippen LogP contribution is 2.16. The summed E-state index contributed by atoms with van der Waals surface area (Å²) in [5.41, 5.74) is 4.21. The van der Waals surface area contributed by atoms with E-state index >= 15 is 0 Å². The van der Waals surface area contributed by atoms with Crippen LogP contribution >= 0.6 is 0 Å². The molecule has 0 aliphatic heterocycles. The predicted octanol–water partition coefficient (Wildman–Crippen LogP) is 2.91. The van der Waals surface area contributed by atoms with Gasteiger partial charge in [-0.25, -0.2) is 0 Å². The molecule has 2 rings (SSSR count). The molecule has 0 aliphatic rings. The molecule has 0 spiro atoms. The Labute approximate surface area is 89.2 Å². The van der Waals surface area contributed by atoms with Crippen molar-refractivity contribution in [2.45, 2.75) is 13.8 Å². The summed E-state index contributed by atoms with van der Waals surface area (Å²) in [6, 6.07) is 11.8. The smallest absolute Gasteiger partial charge is 0.150 e. The van der Waals surface area contributed by atoms with Gasteiger partial charge in [-0.2, -0.15) is 0 Å². The number of rotatable bonds is 2. The first-order chi connectivity index (χ1) is 7.22. The lowest BCUT2D eigenvalue weighted by Gasteiger charge is -2.09. The van der Waals surface area contributed by atoms with Crippen molar-refractivity contribution in [3.8, 4) is 5.69 Å². The summed E-state index contributed by atoms with van der Waals surface area (Å²) in [7, 11) is 0. The van der Waals surface area contributed by atoms with Crippen LogP contribution in [-0.2, 0) is 0 Å². The Morgan fingerprint density at radius 2 is 1.47 bits per heavy atom. The molecule has 0 bridgehead atoms. The second kappa shape index (κ2) is 3.73. The maximum Gasteiger partial charge on any atom is 0.150 e. The molecule has 76 valence electrons. The predicted molar refractivity (Wildman–Crippen MR) is 60.6 cm³/mol. The van der Waals surface area contributed by atoms with E-state index in [2.05, 4.69) is 30.5 Å². The largest absolute Gasteiger partial charge is 0.319 e. The summed E-state index contributed by atoms with van der Waals surface area (Å²) in [4.78, 5) is 10.5. The van der Waals surface area contributed by atoms with Crippen molar-refractivity contribution in [2.75, 3.05) is 0 Å². The van der Waals surface area contributed by atoms with Crippen molar-refractivity contribution in [3.05, 3.63) is 53.3 Å². The third kappa shape index (κ3) is 1.71. The van der Waals surface area contributed by atoms with Gasteiger partial charge in [0.1, 0.15) is 6.29 Å². The Bertz CT molecular complexity index is 460. The topological polar surface area (TPSA) is 22.0 Å². The lowest BCUT2D eigenvalue weighted by Crippen LogP contribution is -1.98. The van der Waals surface area contributed by atoms with Crippen LogP contribution in [0.4, 0.5) is 0 Å². The van der Waals surface area contributed by atoms with Crippen LogP contribution in [0.2, 0.25) is 0 Å². The van der Waals surface area contributed by atoms with Gasteiger partial charge in [-0.3, -0.25) is 4.79 Å². The number of benzene rings is 1. The van der Waals surface area contributed by atoms with Crippen LogP contribution in [0.1, 0.15) is 21.7 Å². The first kappa shape index (κ1) is 9.71. The lowest BCUT2D eigenvalue weighted by atomic mass is 10.2. The van der Waals surface area contributed by atoms with Crippen LogP contribution in [0.5, 0.6) is 0 Å². The van der Waals surface area contributed by atoms with Crippen LogP contribution in [0.3, 0.4) is 0 Å². The van der Waals surface area contributed by atoms with Crippen molar-refractivity contribution in [3.63, 3.8) is 0 Å². The second-order valence-corrected chi connectivity index (χ2v) is 3.66. The van der Waals surface area contributed by atoms with Gasteiger partial charge in [-0.1, -0.05) is 0 Å². The number of carbonyl (C=O) groups excluding carboxylic acids is 1. The Kier molecular flexibility index (Phi) is 2.42. The second-order valence-electron chi connectivity index (χ2n) is 3.66. The van der Waals surface area contributed by atoms with Gasteiger partial charge in [0.05, 0.1) is 0 Å². The molecule has 0 amide bonds. The molecular formula is C13H13NO. The highest BCUT2D eigenvalue weighted by molar-refractivity contribution is 5.75. The maximum absolute atomic E-state index is 10.5. The minimum absolute atomic E-state index is 0.709. The van der Waals surface area contributed by atoms with Gasteiger partial charge in [0.2, 0.25) is 0 Å². The zero-order valence-electron chi connectivity index (χ0n) is 8.90. The molecule has 0 atom stereocenters. The summed E-state index contributed by atoms with van der Waals surface area (Å²) >= 11 is 0. The van der Waals surface area contributed by atoms with Crippen LogP contribution in [0.25, 0.3) is 5.69 Å². The van der Waals surface area contributed by atoms with E-state index in [0.29, 0.717) is 5.56 Å². The number of aldehydes is 1. The minimum atomic E-state index is 0.709. The van der Waals surface area contributed by atoms with Gasteiger partial charge in [-0.05, 0) is 50.2 Å². The Morgan fingerprint density at radius 1 is 0.933 bits per heavy atom. The number of aromatic nitrogens is 1. The van der Waals surface area contributed by atoms with E-state index in [1.807, 2.05) is 24.3 Å². The van der Waals surface area contributed by atoms with Crippen LogP contribution in [0, 0.1) is 13.8 Å². The SMILES string of the molecule is Cc1ccc(C)n1-c1ccc(C=O)cc1. The molecule has 0 aliphatic carbocycles. The Balaban J connectivity index is 2.50. The number of aryl methyl sites for hydroxylation is 2.